The van der Waals surface area contributed by atoms with E-state index in [1.807, 2.05) is 55.6 Å². The highest BCUT2D eigenvalue weighted by Gasteiger charge is 2.14. The van der Waals surface area contributed by atoms with Gasteiger partial charge in [0, 0.05) is 17.0 Å². The van der Waals surface area contributed by atoms with Gasteiger partial charge >= 0.3 is 0 Å². The topological polar surface area (TPSA) is 58.0 Å². The van der Waals surface area contributed by atoms with Crippen molar-refractivity contribution in [2.45, 2.75) is 6.92 Å². The van der Waals surface area contributed by atoms with Crippen LogP contribution in [0.15, 0.2) is 59.1 Å². The number of H-pyrrole nitrogens is 1. The molecule has 0 radical (unpaired) electrons. The van der Waals surface area contributed by atoms with Crippen LogP contribution in [0.2, 0.25) is 0 Å². The molecule has 0 fully saturated rings. The number of fused-ring (bicyclic) bond motifs is 2. The van der Waals surface area contributed by atoms with Crippen molar-refractivity contribution in [2.24, 2.45) is 0 Å². The predicted molar refractivity (Wildman–Crippen MR) is 87.2 cm³/mol. The van der Waals surface area contributed by atoms with Gasteiger partial charge in [0.15, 0.2) is 5.76 Å². The number of amides is 1. The summed E-state index contributed by atoms with van der Waals surface area (Å²) in [6.07, 6.45) is 1.85. The highest BCUT2D eigenvalue weighted by molar-refractivity contribution is 6.08. The lowest BCUT2D eigenvalue weighted by atomic mass is 10.2. The number of para-hydroxylation sites is 1. The molecule has 2 N–H and O–H groups in total. The summed E-state index contributed by atoms with van der Waals surface area (Å²) in [4.78, 5) is 15.5. The van der Waals surface area contributed by atoms with Gasteiger partial charge in [0.1, 0.15) is 5.58 Å². The molecule has 22 heavy (non-hydrogen) atoms. The van der Waals surface area contributed by atoms with Crippen molar-refractivity contribution in [2.75, 3.05) is 5.32 Å². The third kappa shape index (κ3) is 2.05. The normalized spacial score (nSPS) is 11.1. The number of carbonyl (C=O) groups excluding carboxylic acids is 1. The number of rotatable bonds is 2. The van der Waals surface area contributed by atoms with Gasteiger partial charge in [0.05, 0.1) is 11.2 Å². The summed E-state index contributed by atoms with van der Waals surface area (Å²) in [5.41, 5.74) is 3.47. The molecule has 2 aromatic heterocycles. The number of hydrogen-bond acceptors (Lipinski definition) is 2. The van der Waals surface area contributed by atoms with Crippen molar-refractivity contribution >= 4 is 33.5 Å². The third-order valence-electron chi connectivity index (χ3n) is 3.73. The summed E-state index contributed by atoms with van der Waals surface area (Å²) < 4.78 is 5.65. The maximum absolute atomic E-state index is 12.4. The summed E-state index contributed by atoms with van der Waals surface area (Å²) >= 11 is 0. The minimum atomic E-state index is -0.254. The minimum Gasteiger partial charge on any atom is -0.451 e. The first-order valence-corrected chi connectivity index (χ1v) is 7.08. The van der Waals surface area contributed by atoms with Crippen LogP contribution < -0.4 is 5.32 Å². The number of nitrogens with one attached hydrogen (secondary N) is 2. The minimum absolute atomic E-state index is 0.254. The first-order valence-electron chi connectivity index (χ1n) is 7.08. The van der Waals surface area contributed by atoms with Gasteiger partial charge < -0.3 is 14.7 Å². The smallest absolute Gasteiger partial charge is 0.291 e. The van der Waals surface area contributed by atoms with E-state index in [1.165, 1.54) is 0 Å². The van der Waals surface area contributed by atoms with Crippen molar-refractivity contribution in [3.05, 3.63) is 66.1 Å². The van der Waals surface area contributed by atoms with Gasteiger partial charge in [-0.1, -0.05) is 24.3 Å². The van der Waals surface area contributed by atoms with E-state index in [0.29, 0.717) is 5.76 Å². The molecule has 4 rings (SSSR count). The monoisotopic (exact) mass is 290 g/mol. The van der Waals surface area contributed by atoms with Crippen LogP contribution in [0.1, 0.15) is 16.1 Å². The van der Waals surface area contributed by atoms with E-state index < -0.39 is 0 Å². The molecule has 0 unspecified atom stereocenters. The maximum Gasteiger partial charge on any atom is 0.291 e. The zero-order valence-electron chi connectivity index (χ0n) is 12.0. The second-order valence-electron chi connectivity index (χ2n) is 5.35. The average molecular weight is 290 g/mol. The van der Waals surface area contributed by atoms with E-state index in [9.17, 15) is 4.79 Å². The zero-order chi connectivity index (χ0) is 15.1. The first-order chi connectivity index (χ1) is 10.7. The lowest BCUT2D eigenvalue weighted by Gasteiger charge is -2.04. The molecule has 108 valence electrons. The number of aryl methyl sites for hydroxylation is 1. The summed E-state index contributed by atoms with van der Waals surface area (Å²) in [6, 6.07) is 15.4. The lowest BCUT2D eigenvalue weighted by Crippen LogP contribution is -2.11. The molecule has 0 spiro atoms. The fraction of sp³-hybridized carbons (Fsp3) is 0.0556. The molecular weight excluding hydrogens is 276 g/mol. The fourth-order valence-electron chi connectivity index (χ4n) is 2.62. The number of aromatic nitrogens is 1. The van der Waals surface area contributed by atoms with Crippen LogP contribution >= 0.6 is 0 Å². The summed E-state index contributed by atoms with van der Waals surface area (Å²) in [5.74, 6) is 0.0557. The molecule has 0 saturated heterocycles. The molecule has 0 saturated carbocycles. The molecule has 0 aliphatic rings. The van der Waals surface area contributed by atoms with Crippen LogP contribution in [-0.2, 0) is 0 Å². The summed E-state index contributed by atoms with van der Waals surface area (Å²) in [7, 11) is 0. The fourth-order valence-corrected chi connectivity index (χ4v) is 2.62. The molecule has 4 nitrogen and oxygen atoms in total. The van der Waals surface area contributed by atoms with E-state index >= 15 is 0 Å². The number of aromatic amines is 1. The SMILES string of the molecule is Cc1ccc2cc(C(=O)Nc3cccc4cc[nH]c34)oc2c1. The van der Waals surface area contributed by atoms with Gasteiger partial charge in [-0.05, 0) is 36.8 Å². The first kappa shape index (κ1) is 12.7. The second kappa shape index (κ2) is 4.77. The molecule has 4 heteroatoms. The van der Waals surface area contributed by atoms with Crippen LogP contribution in [0.25, 0.3) is 21.9 Å². The van der Waals surface area contributed by atoms with E-state index in [4.69, 9.17) is 4.42 Å². The quantitative estimate of drug-likeness (QED) is 0.572. The van der Waals surface area contributed by atoms with E-state index in [1.54, 1.807) is 6.07 Å². The van der Waals surface area contributed by atoms with Gasteiger partial charge in [-0.2, -0.15) is 0 Å². The van der Waals surface area contributed by atoms with Crippen LogP contribution in [0.5, 0.6) is 0 Å². The van der Waals surface area contributed by atoms with Crippen molar-refractivity contribution in [3.8, 4) is 0 Å². The molecule has 2 aromatic carbocycles. The Kier molecular flexibility index (Phi) is 2.76. The number of furan rings is 1. The van der Waals surface area contributed by atoms with Crippen molar-refractivity contribution in [1.82, 2.24) is 4.98 Å². The van der Waals surface area contributed by atoms with Gasteiger partial charge in [-0.25, -0.2) is 0 Å². The molecule has 0 atom stereocenters. The molecular formula is C18H14N2O2. The van der Waals surface area contributed by atoms with E-state index in [2.05, 4.69) is 10.3 Å². The zero-order valence-corrected chi connectivity index (χ0v) is 12.0. The second-order valence-corrected chi connectivity index (χ2v) is 5.35. The van der Waals surface area contributed by atoms with Crippen molar-refractivity contribution in [1.29, 1.82) is 0 Å². The van der Waals surface area contributed by atoms with Gasteiger partial charge in [-0.3, -0.25) is 4.79 Å². The highest BCUT2D eigenvalue weighted by atomic mass is 16.3. The molecule has 4 aromatic rings. The van der Waals surface area contributed by atoms with Gasteiger partial charge in [0.25, 0.3) is 5.91 Å². The molecule has 0 bridgehead atoms. The Bertz CT molecular complexity index is 995. The number of carbonyl (C=O) groups is 1. The lowest BCUT2D eigenvalue weighted by molar-refractivity contribution is 0.0999. The molecule has 2 heterocycles. The molecule has 0 aliphatic carbocycles. The van der Waals surface area contributed by atoms with E-state index in [-0.39, 0.29) is 5.91 Å². The summed E-state index contributed by atoms with van der Waals surface area (Å²) in [6.45, 7) is 1.99. The summed E-state index contributed by atoms with van der Waals surface area (Å²) in [5, 5.41) is 4.88. The van der Waals surface area contributed by atoms with Gasteiger partial charge in [0.2, 0.25) is 0 Å². The van der Waals surface area contributed by atoms with Crippen molar-refractivity contribution < 1.29 is 9.21 Å². The van der Waals surface area contributed by atoms with Crippen LogP contribution in [0.4, 0.5) is 5.69 Å². The van der Waals surface area contributed by atoms with Crippen molar-refractivity contribution in [3.63, 3.8) is 0 Å². The largest absolute Gasteiger partial charge is 0.451 e. The maximum atomic E-state index is 12.4. The number of anilines is 1. The number of benzene rings is 2. The standard InChI is InChI=1S/C18H14N2O2/c1-11-5-6-13-10-16(22-15(13)9-11)18(21)20-14-4-2-3-12-7-8-19-17(12)14/h2-10,19H,1H3,(H,20,21). The number of hydrogen-bond donors (Lipinski definition) is 2. The Balaban J connectivity index is 1.70. The van der Waals surface area contributed by atoms with Crippen LogP contribution in [0, 0.1) is 6.92 Å². The Morgan fingerprint density at radius 1 is 1.09 bits per heavy atom. The molecule has 1 amide bonds. The van der Waals surface area contributed by atoms with Gasteiger partial charge in [-0.15, -0.1) is 0 Å². The highest BCUT2D eigenvalue weighted by Crippen LogP contribution is 2.24. The van der Waals surface area contributed by atoms with Crippen LogP contribution in [0.3, 0.4) is 0 Å². The Hall–Kier alpha value is -3.01. The Morgan fingerprint density at radius 2 is 2.00 bits per heavy atom. The predicted octanol–water partition coefficient (Wildman–Crippen LogP) is 4.47. The van der Waals surface area contributed by atoms with Crippen LogP contribution in [-0.4, -0.2) is 10.9 Å². The Labute approximate surface area is 126 Å². The third-order valence-corrected chi connectivity index (χ3v) is 3.73. The molecule has 0 aliphatic heterocycles. The Morgan fingerprint density at radius 3 is 2.91 bits per heavy atom. The average Bonchev–Trinajstić information content (AvgIpc) is 3.13. The van der Waals surface area contributed by atoms with E-state index in [0.717, 1.165) is 33.1 Å².